The van der Waals surface area contributed by atoms with E-state index in [1.165, 1.54) is 11.8 Å². The molecule has 3 aromatic rings. The first-order valence-corrected chi connectivity index (χ1v) is 12.5. The lowest BCUT2D eigenvalue weighted by atomic mass is 10.1. The molecule has 2 aromatic carbocycles. The van der Waals surface area contributed by atoms with Crippen LogP contribution in [0.4, 0.5) is 5.69 Å². The van der Waals surface area contributed by atoms with Gasteiger partial charge in [0, 0.05) is 16.1 Å². The molecule has 0 radical (unpaired) electrons. The first kappa shape index (κ1) is 26.3. The van der Waals surface area contributed by atoms with Gasteiger partial charge in [0.15, 0.2) is 5.69 Å². The van der Waals surface area contributed by atoms with Crippen molar-refractivity contribution in [3.63, 3.8) is 0 Å². The Morgan fingerprint density at radius 3 is 2.40 bits per heavy atom. The number of hydrogen-bond acceptors (Lipinski definition) is 6. The maximum atomic E-state index is 13.2. The second-order valence-electron chi connectivity index (χ2n) is 9.06. The van der Waals surface area contributed by atoms with E-state index in [-0.39, 0.29) is 11.6 Å². The zero-order chi connectivity index (χ0) is 25.8. The van der Waals surface area contributed by atoms with Crippen LogP contribution in [0.25, 0.3) is 5.69 Å². The van der Waals surface area contributed by atoms with Crippen molar-refractivity contribution in [2.75, 3.05) is 11.9 Å². The van der Waals surface area contributed by atoms with Gasteiger partial charge in [-0.15, -0.1) is 11.8 Å². The molecule has 1 amide bonds. The third-order valence-electron chi connectivity index (χ3n) is 5.60. The van der Waals surface area contributed by atoms with Crippen LogP contribution in [0.1, 0.15) is 60.8 Å². The van der Waals surface area contributed by atoms with E-state index in [1.807, 2.05) is 63.2 Å². The van der Waals surface area contributed by atoms with E-state index in [1.54, 1.807) is 18.5 Å². The van der Waals surface area contributed by atoms with E-state index in [0.29, 0.717) is 23.7 Å². The Hall–Kier alpha value is -3.26. The van der Waals surface area contributed by atoms with Crippen LogP contribution in [0.5, 0.6) is 5.88 Å². The Kier molecular flexibility index (Phi) is 8.27. The molecule has 0 fully saturated rings. The lowest BCUT2D eigenvalue weighted by Crippen LogP contribution is -2.40. The molecule has 35 heavy (non-hydrogen) atoms. The van der Waals surface area contributed by atoms with Gasteiger partial charge in [0.2, 0.25) is 5.88 Å². The van der Waals surface area contributed by atoms with Gasteiger partial charge in [0.1, 0.15) is 0 Å². The minimum absolute atomic E-state index is 0.285. The number of anilines is 1. The zero-order valence-corrected chi connectivity index (χ0v) is 21.9. The monoisotopic (exact) mass is 494 g/mol. The summed E-state index contributed by atoms with van der Waals surface area (Å²) < 4.78 is 6.62. The molecule has 8 heteroatoms. The summed E-state index contributed by atoms with van der Waals surface area (Å²) in [6.45, 7) is 11.6. The minimum Gasteiger partial charge on any atom is -0.549 e. The van der Waals surface area contributed by atoms with Crippen molar-refractivity contribution in [1.82, 2.24) is 9.78 Å². The van der Waals surface area contributed by atoms with E-state index in [0.717, 1.165) is 34.6 Å². The minimum atomic E-state index is -1.12. The summed E-state index contributed by atoms with van der Waals surface area (Å²) in [6.07, 6.45) is 1.86. The van der Waals surface area contributed by atoms with E-state index < -0.39 is 10.7 Å². The van der Waals surface area contributed by atoms with Crippen LogP contribution in [0.15, 0.2) is 47.4 Å². The highest BCUT2D eigenvalue weighted by Gasteiger charge is 2.24. The van der Waals surface area contributed by atoms with Crippen LogP contribution in [0.3, 0.4) is 0 Å². The molecule has 0 saturated carbocycles. The maximum Gasteiger partial charge on any atom is 0.276 e. The predicted molar refractivity (Wildman–Crippen MR) is 138 cm³/mol. The summed E-state index contributed by atoms with van der Waals surface area (Å²) in [4.78, 5) is 25.3. The molecular weight excluding hydrogens is 462 g/mol. The zero-order valence-electron chi connectivity index (χ0n) is 21.1. The number of carboxylic acid groups (broad SMARTS) is 1. The van der Waals surface area contributed by atoms with Gasteiger partial charge in [-0.1, -0.05) is 31.0 Å². The summed E-state index contributed by atoms with van der Waals surface area (Å²) in [5.41, 5.74) is 4.48. The largest absolute Gasteiger partial charge is 0.549 e. The number of nitrogens with zero attached hydrogens (tertiary/aromatic N) is 2. The molecule has 1 N–H and O–H groups in total. The molecular formula is C27H32N3O4S-. The normalized spacial score (nSPS) is 11.4. The van der Waals surface area contributed by atoms with Crippen molar-refractivity contribution < 1.29 is 19.4 Å². The van der Waals surface area contributed by atoms with Crippen molar-refractivity contribution in [2.24, 2.45) is 0 Å². The van der Waals surface area contributed by atoms with Gasteiger partial charge >= 0.3 is 0 Å². The fourth-order valence-electron chi connectivity index (χ4n) is 3.48. The van der Waals surface area contributed by atoms with Gasteiger partial charge in [0.25, 0.3) is 5.91 Å². The maximum absolute atomic E-state index is 13.2. The average Bonchev–Trinajstić information content (AvgIpc) is 3.12. The number of aryl methyl sites for hydroxylation is 2. The molecule has 186 valence electrons. The second-order valence-corrected chi connectivity index (χ2v) is 10.8. The fraction of sp³-hybridized carbons (Fsp3) is 0.370. The quantitative estimate of drug-likeness (QED) is 0.320. The number of carbonyl (C=O) groups is 2. The number of amides is 1. The molecule has 0 bridgehead atoms. The number of carbonyl (C=O) groups excluding carboxylic acids is 2. The van der Waals surface area contributed by atoms with Crippen LogP contribution in [0.2, 0.25) is 0 Å². The third kappa shape index (κ3) is 6.25. The topological polar surface area (TPSA) is 96.3 Å². The Bertz CT molecular complexity index is 1220. The SMILES string of the molecule is CCCCOc1c(C)c(C(=O)Nc2ccc(C)cc2C)nn1-c1ccc(SC(C)(C)C(=O)[O-])cc1. The Balaban J connectivity index is 1.93. The number of carboxylic acids is 1. The highest BCUT2D eigenvalue weighted by molar-refractivity contribution is 8.01. The number of aromatic nitrogens is 2. The Labute approximate surface area is 210 Å². The lowest BCUT2D eigenvalue weighted by molar-refractivity contribution is -0.308. The first-order valence-electron chi connectivity index (χ1n) is 11.7. The highest BCUT2D eigenvalue weighted by Crippen LogP contribution is 2.33. The number of thioether (sulfide) groups is 1. The van der Waals surface area contributed by atoms with Gasteiger partial charge < -0.3 is 20.0 Å². The average molecular weight is 495 g/mol. The van der Waals surface area contributed by atoms with Gasteiger partial charge in [-0.3, -0.25) is 4.79 Å². The standard InChI is InChI=1S/C27H33N3O4S/c1-7-8-15-34-25-19(4)23(24(31)28-22-14-9-17(2)16-18(22)3)29-30(25)20-10-12-21(13-11-20)35-27(5,6)26(32)33/h9-14,16H,7-8,15H2,1-6H3,(H,28,31)(H,32,33)/p-1. The summed E-state index contributed by atoms with van der Waals surface area (Å²) in [5.74, 6) is -0.920. The molecule has 3 rings (SSSR count). The summed E-state index contributed by atoms with van der Waals surface area (Å²) in [7, 11) is 0. The Morgan fingerprint density at radius 2 is 1.80 bits per heavy atom. The van der Waals surface area contributed by atoms with E-state index in [4.69, 9.17) is 4.74 Å². The molecule has 0 saturated heterocycles. The third-order valence-corrected chi connectivity index (χ3v) is 6.78. The van der Waals surface area contributed by atoms with Crippen molar-refractivity contribution >= 4 is 29.3 Å². The van der Waals surface area contributed by atoms with Crippen LogP contribution >= 0.6 is 11.8 Å². The fourth-order valence-corrected chi connectivity index (χ4v) is 4.43. The molecule has 0 spiro atoms. The van der Waals surface area contributed by atoms with E-state index in [9.17, 15) is 14.7 Å². The van der Waals surface area contributed by atoms with Crippen molar-refractivity contribution in [2.45, 2.75) is 64.0 Å². The van der Waals surface area contributed by atoms with Gasteiger partial charge in [-0.25, -0.2) is 4.68 Å². The number of rotatable bonds is 10. The van der Waals surface area contributed by atoms with Crippen molar-refractivity contribution in [1.29, 1.82) is 0 Å². The molecule has 0 aliphatic carbocycles. The van der Waals surface area contributed by atoms with Crippen molar-refractivity contribution in [3.8, 4) is 11.6 Å². The van der Waals surface area contributed by atoms with Crippen LogP contribution in [-0.2, 0) is 4.79 Å². The lowest BCUT2D eigenvalue weighted by Gasteiger charge is -2.25. The van der Waals surface area contributed by atoms with E-state index in [2.05, 4.69) is 17.3 Å². The highest BCUT2D eigenvalue weighted by atomic mass is 32.2. The van der Waals surface area contributed by atoms with Crippen molar-refractivity contribution in [3.05, 3.63) is 64.8 Å². The number of aliphatic carboxylic acids is 1. The number of nitrogens with one attached hydrogen (secondary N) is 1. The smallest absolute Gasteiger partial charge is 0.276 e. The molecule has 1 aromatic heterocycles. The molecule has 0 aliphatic heterocycles. The van der Waals surface area contributed by atoms with Gasteiger partial charge in [0.05, 0.1) is 23.0 Å². The molecule has 0 atom stereocenters. The van der Waals surface area contributed by atoms with E-state index >= 15 is 0 Å². The first-order chi connectivity index (χ1) is 16.5. The van der Waals surface area contributed by atoms with Crippen LogP contribution in [-0.4, -0.2) is 33.0 Å². The summed E-state index contributed by atoms with van der Waals surface area (Å²) in [5, 5.41) is 18.9. The second kappa shape index (κ2) is 11.0. The molecule has 7 nitrogen and oxygen atoms in total. The predicted octanol–water partition coefficient (Wildman–Crippen LogP) is 4.85. The Morgan fingerprint density at radius 1 is 1.11 bits per heavy atom. The number of hydrogen-bond donors (Lipinski definition) is 1. The molecule has 0 aliphatic rings. The molecule has 0 unspecified atom stereocenters. The summed E-state index contributed by atoms with van der Waals surface area (Å²) in [6, 6.07) is 13.2. The van der Waals surface area contributed by atoms with Crippen LogP contribution < -0.4 is 15.2 Å². The summed E-state index contributed by atoms with van der Waals surface area (Å²) >= 11 is 1.21. The number of benzene rings is 2. The molecule has 1 heterocycles. The van der Waals surface area contributed by atoms with Gasteiger partial charge in [-0.2, -0.15) is 5.10 Å². The van der Waals surface area contributed by atoms with Gasteiger partial charge in [-0.05, 0) is 76.9 Å². The number of unbranched alkanes of at least 4 members (excludes halogenated alkanes) is 1. The van der Waals surface area contributed by atoms with Crippen LogP contribution in [0, 0.1) is 20.8 Å². The number of ether oxygens (including phenoxy) is 1.